The molecule has 0 spiro atoms. The average Bonchev–Trinajstić information content (AvgIpc) is 3.25. The lowest BCUT2D eigenvalue weighted by Gasteiger charge is -2.26. The van der Waals surface area contributed by atoms with Crippen LogP contribution in [0.1, 0.15) is 17.5 Å². The molecule has 3 heterocycles. The molecule has 2 aliphatic rings. The van der Waals surface area contributed by atoms with E-state index in [1.165, 1.54) is 18.1 Å². The Bertz CT molecular complexity index is 944. The summed E-state index contributed by atoms with van der Waals surface area (Å²) in [5.41, 5.74) is 6.81. The van der Waals surface area contributed by atoms with Crippen molar-refractivity contribution < 1.29 is 18.3 Å². The number of rotatable bonds is 4. The smallest absolute Gasteiger partial charge is 0.348 e. The van der Waals surface area contributed by atoms with Crippen molar-refractivity contribution in [1.29, 1.82) is 0 Å². The predicted octanol–water partition coefficient (Wildman–Crippen LogP) is 0.434. The first-order valence-electron chi connectivity index (χ1n) is 7.87. The minimum atomic E-state index is -3.98. The van der Waals surface area contributed by atoms with Crippen molar-refractivity contribution in [3.63, 3.8) is 0 Å². The maximum Gasteiger partial charge on any atom is 0.348 e. The van der Waals surface area contributed by atoms with E-state index in [0.717, 1.165) is 9.87 Å². The number of hydrogen-bond acceptors (Lipinski definition) is 7. The zero-order valence-electron chi connectivity index (χ0n) is 13.6. The summed E-state index contributed by atoms with van der Waals surface area (Å²) in [5.74, 6) is 0.692. The first-order valence-corrected chi connectivity index (χ1v) is 10.3. The van der Waals surface area contributed by atoms with Gasteiger partial charge in [-0.15, -0.1) is 16.2 Å². The second-order valence-corrected chi connectivity index (χ2v) is 8.52. The molecule has 138 valence electrons. The lowest BCUT2D eigenvalue weighted by atomic mass is 10.2. The van der Waals surface area contributed by atoms with Gasteiger partial charge < -0.3 is 15.6 Å². The van der Waals surface area contributed by atoms with Gasteiger partial charge in [0.25, 0.3) is 0 Å². The van der Waals surface area contributed by atoms with E-state index in [1.807, 2.05) is 30.3 Å². The number of nitrogens with zero attached hydrogens (tertiary/aromatic N) is 4. The first-order chi connectivity index (χ1) is 12.5. The third-order valence-corrected chi connectivity index (χ3v) is 6.50. The van der Waals surface area contributed by atoms with Gasteiger partial charge in [0.15, 0.2) is 11.7 Å². The number of anilines is 1. The van der Waals surface area contributed by atoms with Crippen LogP contribution in [0.15, 0.2) is 41.1 Å². The molecule has 2 aliphatic heterocycles. The number of aliphatic hydroxyl groups is 1. The summed E-state index contributed by atoms with van der Waals surface area (Å²) < 4.78 is 37.3. The van der Waals surface area contributed by atoms with Crippen LogP contribution < -0.4 is 10.0 Å². The Labute approximate surface area is 154 Å². The molecule has 3 N–H and O–H groups in total. The Morgan fingerprint density at radius 1 is 1.35 bits per heavy atom. The zero-order valence-corrected chi connectivity index (χ0v) is 15.2. The summed E-state index contributed by atoms with van der Waals surface area (Å²) in [7, 11) is -3.98. The number of hydrogen-bond donors (Lipinski definition) is 2. The fourth-order valence-electron chi connectivity index (χ4n) is 2.92. The van der Waals surface area contributed by atoms with Crippen LogP contribution in [0.25, 0.3) is 0 Å². The number of ether oxygens (including phenoxy) is 1. The van der Waals surface area contributed by atoms with E-state index in [4.69, 9.17) is 10.5 Å². The molecular weight excluding hydrogens is 378 g/mol. The van der Waals surface area contributed by atoms with E-state index in [2.05, 4.69) is 9.38 Å². The van der Waals surface area contributed by atoms with E-state index in [1.54, 1.807) is 4.57 Å². The van der Waals surface area contributed by atoms with Gasteiger partial charge >= 0.3 is 10.2 Å². The standard InChI is InChI=1S/C15H17N5O4S2/c16-14-13-15(17-9-19(13)11-8-25-12(7-21)24-11)20(26(22,23)18-14)6-10-4-2-1-3-5-10/h1-5,9,11-12,21H,6-8H2,(H2,16,18)/t11-,12+/m1/s1. The zero-order chi connectivity index (χ0) is 18.3. The number of benzene rings is 1. The number of aromatic nitrogens is 2. The normalized spacial score (nSPS) is 24.3. The van der Waals surface area contributed by atoms with Crippen LogP contribution in [0.5, 0.6) is 0 Å². The van der Waals surface area contributed by atoms with E-state index in [-0.39, 0.29) is 30.2 Å². The molecule has 9 nitrogen and oxygen atoms in total. The Kier molecular flexibility index (Phi) is 4.39. The summed E-state index contributed by atoms with van der Waals surface area (Å²) in [6.07, 6.45) is 1.10. The van der Waals surface area contributed by atoms with Crippen molar-refractivity contribution in [2.45, 2.75) is 18.2 Å². The maximum atomic E-state index is 12.5. The van der Waals surface area contributed by atoms with Gasteiger partial charge in [0, 0.05) is 5.75 Å². The van der Waals surface area contributed by atoms with Crippen LogP contribution in [0.3, 0.4) is 0 Å². The summed E-state index contributed by atoms with van der Waals surface area (Å²) in [6, 6.07) is 9.19. The molecule has 0 amide bonds. The van der Waals surface area contributed by atoms with Crippen LogP contribution in [0.4, 0.5) is 5.82 Å². The van der Waals surface area contributed by atoms with Crippen molar-refractivity contribution in [2.24, 2.45) is 10.1 Å². The number of aliphatic hydroxyl groups excluding tert-OH is 1. The van der Waals surface area contributed by atoms with Gasteiger partial charge in [0.05, 0.1) is 19.5 Å². The monoisotopic (exact) mass is 395 g/mol. The lowest BCUT2D eigenvalue weighted by Crippen LogP contribution is -2.38. The number of imidazole rings is 1. The molecule has 0 unspecified atom stereocenters. The quantitative estimate of drug-likeness (QED) is 0.770. The van der Waals surface area contributed by atoms with Gasteiger partial charge in [0.1, 0.15) is 17.4 Å². The molecule has 0 radical (unpaired) electrons. The Balaban J connectivity index is 1.73. The SMILES string of the molecule is NC1=NS(=O)(=O)N(Cc2ccccc2)c2ncn([C@H]3CS[C@@H](CO)O3)c21. The summed E-state index contributed by atoms with van der Waals surface area (Å²) in [6.45, 7) is -0.000355. The molecule has 1 aromatic heterocycles. The topological polar surface area (TPSA) is 123 Å². The minimum Gasteiger partial charge on any atom is -0.393 e. The molecule has 1 aromatic carbocycles. The van der Waals surface area contributed by atoms with Crippen LogP contribution in [-0.4, -0.2) is 46.7 Å². The molecule has 11 heteroatoms. The Hall–Kier alpha value is -2.08. The van der Waals surface area contributed by atoms with Crippen molar-refractivity contribution >= 4 is 33.6 Å². The highest BCUT2D eigenvalue weighted by Gasteiger charge is 2.37. The molecule has 0 bridgehead atoms. The Morgan fingerprint density at radius 2 is 2.12 bits per heavy atom. The van der Waals surface area contributed by atoms with Crippen molar-refractivity contribution in [3.05, 3.63) is 47.9 Å². The number of nitrogens with two attached hydrogens (primary N) is 1. The molecular formula is C15H17N5O4S2. The largest absolute Gasteiger partial charge is 0.393 e. The van der Waals surface area contributed by atoms with Gasteiger partial charge in [-0.1, -0.05) is 30.3 Å². The van der Waals surface area contributed by atoms with Crippen LogP contribution in [0, 0.1) is 0 Å². The van der Waals surface area contributed by atoms with Crippen LogP contribution in [-0.2, 0) is 21.5 Å². The molecule has 2 atom stereocenters. The second kappa shape index (κ2) is 6.58. The fraction of sp³-hybridized carbons (Fsp3) is 0.333. The fourth-order valence-corrected chi connectivity index (χ4v) is 4.94. The molecule has 0 saturated carbocycles. The first kappa shape index (κ1) is 17.3. The Morgan fingerprint density at radius 3 is 2.81 bits per heavy atom. The summed E-state index contributed by atoms with van der Waals surface area (Å²) in [5, 5.41) is 9.24. The third kappa shape index (κ3) is 2.96. The maximum absolute atomic E-state index is 12.5. The highest BCUT2D eigenvalue weighted by Crippen LogP contribution is 2.36. The molecule has 26 heavy (non-hydrogen) atoms. The van der Waals surface area contributed by atoms with Crippen molar-refractivity contribution in [2.75, 3.05) is 16.7 Å². The second-order valence-electron chi connectivity index (χ2n) is 5.81. The van der Waals surface area contributed by atoms with Crippen molar-refractivity contribution in [3.8, 4) is 0 Å². The van der Waals surface area contributed by atoms with Gasteiger partial charge in [-0.2, -0.15) is 8.42 Å². The van der Waals surface area contributed by atoms with E-state index >= 15 is 0 Å². The van der Waals surface area contributed by atoms with E-state index < -0.39 is 16.4 Å². The highest BCUT2D eigenvalue weighted by molar-refractivity contribution is 8.00. The molecule has 1 fully saturated rings. The third-order valence-electron chi connectivity index (χ3n) is 4.11. The minimum absolute atomic E-state index is 0.101. The number of fused-ring (bicyclic) bond motifs is 1. The number of amidine groups is 1. The van der Waals surface area contributed by atoms with Gasteiger partial charge in [-0.25, -0.2) is 9.29 Å². The van der Waals surface area contributed by atoms with Gasteiger partial charge in [0.2, 0.25) is 0 Å². The molecule has 1 saturated heterocycles. The molecule has 4 rings (SSSR count). The van der Waals surface area contributed by atoms with Crippen molar-refractivity contribution in [1.82, 2.24) is 9.55 Å². The number of thioether (sulfide) groups is 1. The van der Waals surface area contributed by atoms with E-state index in [0.29, 0.717) is 11.4 Å². The molecule has 2 aromatic rings. The summed E-state index contributed by atoms with van der Waals surface area (Å²) >= 11 is 1.47. The molecule has 0 aliphatic carbocycles. The van der Waals surface area contributed by atoms with E-state index in [9.17, 15) is 13.5 Å². The van der Waals surface area contributed by atoms with Gasteiger partial charge in [-0.3, -0.25) is 4.57 Å². The predicted molar refractivity (Wildman–Crippen MR) is 98.0 cm³/mol. The van der Waals surface area contributed by atoms with Gasteiger partial charge in [-0.05, 0) is 5.56 Å². The highest BCUT2D eigenvalue weighted by atomic mass is 32.2. The summed E-state index contributed by atoms with van der Waals surface area (Å²) in [4.78, 5) is 4.27. The average molecular weight is 395 g/mol. The lowest BCUT2D eigenvalue weighted by molar-refractivity contribution is -0.00404. The van der Waals surface area contributed by atoms with Crippen LogP contribution >= 0.6 is 11.8 Å². The van der Waals surface area contributed by atoms with Crippen LogP contribution in [0.2, 0.25) is 0 Å².